The van der Waals surface area contributed by atoms with Crippen molar-refractivity contribution in [2.24, 2.45) is 11.0 Å². The molecule has 25 heavy (non-hydrogen) atoms. The number of nitrogens with one attached hydrogen (secondary N) is 1. The smallest absolute Gasteiger partial charge is 0.243 e. The third-order valence-electron chi connectivity index (χ3n) is 4.57. The molecule has 1 saturated carbocycles. The van der Waals surface area contributed by atoms with Gasteiger partial charge in [-0.1, -0.05) is 73.1 Å². The molecule has 0 radical (unpaired) electrons. The van der Waals surface area contributed by atoms with E-state index in [2.05, 4.69) is 71.5 Å². The number of nitrogens with zero attached hydrogens (tertiary/aromatic N) is 1. The van der Waals surface area contributed by atoms with Gasteiger partial charge in [-0.2, -0.15) is 5.10 Å². The predicted molar refractivity (Wildman–Crippen MR) is 106 cm³/mol. The Kier molecular flexibility index (Phi) is 5.09. The second-order valence-corrected chi connectivity index (χ2v) is 8.53. The Bertz CT molecular complexity index is 790. The average molecular weight is 399 g/mol. The van der Waals surface area contributed by atoms with Gasteiger partial charge < -0.3 is 0 Å². The summed E-state index contributed by atoms with van der Waals surface area (Å²) >= 11 is 3.42. The first-order valence-corrected chi connectivity index (χ1v) is 9.33. The molecular formula is C21H23BrN2O. The summed E-state index contributed by atoms with van der Waals surface area (Å²) < 4.78 is 0.990. The summed E-state index contributed by atoms with van der Waals surface area (Å²) in [7, 11) is 0. The number of amides is 1. The van der Waals surface area contributed by atoms with Crippen molar-refractivity contribution in [1.29, 1.82) is 0 Å². The Hall–Kier alpha value is -1.94. The van der Waals surface area contributed by atoms with Crippen LogP contribution in [-0.4, -0.2) is 12.1 Å². The molecule has 0 spiro atoms. The second kappa shape index (κ2) is 7.12. The zero-order valence-corrected chi connectivity index (χ0v) is 16.4. The topological polar surface area (TPSA) is 41.5 Å². The predicted octanol–water partition coefficient (Wildman–Crippen LogP) is 5.00. The summed E-state index contributed by atoms with van der Waals surface area (Å²) in [6.07, 6.45) is 2.56. The third kappa shape index (κ3) is 4.57. The number of hydrazone groups is 1. The van der Waals surface area contributed by atoms with Crippen molar-refractivity contribution >= 4 is 28.1 Å². The monoisotopic (exact) mass is 398 g/mol. The molecule has 2 aromatic carbocycles. The molecule has 1 amide bonds. The summed E-state index contributed by atoms with van der Waals surface area (Å²) in [5, 5.41) is 4.07. The maximum atomic E-state index is 12.2. The van der Waals surface area contributed by atoms with Crippen molar-refractivity contribution in [3.63, 3.8) is 0 Å². The van der Waals surface area contributed by atoms with Crippen molar-refractivity contribution in [3.05, 3.63) is 69.7 Å². The molecule has 0 heterocycles. The summed E-state index contributed by atoms with van der Waals surface area (Å²) in [6, 6.07) is 16.4. The van der Waals surface area contributed by atoms with Crippen LogP contribution in [0, 0.1) is 5.92 Å². The number of rotatable bonds is 4. The Morgan fingerprint density at radius 1 is 1.20 bits per heavy atom. The number of carbonyl (C=O) groups excluding carboxylic acids is 1. The SMILES string of the molecule is CC(C)(C)c1ccc([C@@H]2C[C@H]2C(=O)NN=Cc2cccc(Br)c2)cc1. The zero-order chi connectivity index (χ0) is 18.0. The van der Waals surface area contributed by atoms with E-state index < -0.39 is 0 Å². The fourth-order valence-electron chi connectivity index (χ4n) is 2.92. The quantitative estimate of drug-likeness (QED) is 0.571. The fourth-order valence-corrected chi connectivity index (χ4v) is 3.34. The largest absolute Gasteiger partial charge is 0.273 e. The van der Waals surface area contributed by atoms with Crippen molar-refractivity contribution in [1.82, 2.24) is 5.43 Å². The minimum Gasteiger partial charge on any atom is -0.273 e. The van der Waals surface area contributed by atoms with E-state index in [4.69, 9.17) is 0 Å². The molecule has 0 aliphatic heterocycles. The van der Waals surface area contributed by atoms with E-state index in [-0.39, 0.29) is 17.2 Å². The molecule has 0 saturated heterocycles. The van der Waals surface area contributed by atoms with Gasteiger partial charge in [-0.15, -0.1) is 0 Å². The van der Waals surface area contributed by atoms with E-state index in [0.29, 0.717) is 5.92 Å². The van der Waals surface area contributed by atoms with Crippen molar-refractivity contribution in [2.45, 2.75) is 38.5 Å². The highest BCUT2D eigenvalue weighted by atomic mass is 79.9. The van der Waals surface area contributed by atoms with E-state index in [9.17, 15) is 4.79 Å². The molecule has 130 valence electrons. The minimum absolute atomic E-state index is 0.00357. The van der Waals surface area contributed by atoms with Gasteiger partial charge in [-0.3, -0.25) is 4.79 Å². The molecular weight excluding hydrogens is 376 g/mol. The molecule has 3 nitrogen and oxygen atoms in total. The van der Waals surface area contributed by atoms with Gasteiger partial charge in [-0.25, -0.2) is 5.43 Å². The van der Waals surface area contributed by atoms with Crippen LogP contribution in [0.1, 0.15) is 49.8 Å². The fraction of sp³-hybridized carbons (Fsp3) is 0.333. The van der Waals surface area contributed by atoms with Gasteiger partial charge in [0.1, 0.15) is 0 Å². The van der Waals surface area contributed by atoms with Crippen LogP contribution in [0.2, 0.25) is 0 Å². The van der Waals surface area contributed by atoms with Crippen molar-refractivity contribution < 1.29 is 4.79 Å². The van der Waals surface area contributed by atoms with Crippen molar-refractivity contribution in [2.75, 3.05) is 0 Å². The first-order valence-electron chi connectivity index (χ1n) is 8.53. The van der Waals surface area contributed by atoms with Gasteiger partial charge >= 0.3 is 0 Å². The lowest BCUT2D eigenvalue weighted by atomic mass is 9.86. The first-order chi connectivity index (χ1) is 11.8. The van der Waals surface area contributed by atoms with E-state index in [0.717, 1.165) is 16.5 Å². The molecule has 3 rings (SSSR count). The Morgan fingerprint density at radius 3 is 2.56 bits per heavy atom. The van der Waals surface area contributed by atoms with Crippen LogP contribution in [0.4, 0.5) is 0 Å². The molecule has 1 aliphatic rings. The summed E-state index contributed by atoms with van der Waals surface area (Å²) in [5.41, 5.74) is 6.32. The molecule has 0 unspecified atom stereocenters. The van der Waals surface area contributed by atoms with E-state index in [1.165, 1.54) is 11.1 Å². The Balaban J connectivity index is 1.55. The van der Waals surface area contributed by atoms with Crippen LogP contribution in [0.5, 0.6) is 0 Å². The van der Waals surface area contributed by atoms with Crippen LogP contribution in [0.15, 0.2) is 58.1 Å². The maximum absolute atomic E-state index is 12.2. The van der Waals surface area contributed by atoms with Gasteiger partial charge in [0.15, 0.2) is 0 Å². The van der Waals surface area contributed by atoms with Crippen LogP contribution in [0.3, 0.4) is 0 Å². The second-order valence-electron chi connectivity index (χ2n) is 7.61. The van der Waals surface area contributed by atoms with E-state index in [1.54, 1.807) is 6.21 Å². The molecule has 1 fully saturated rings. The molecule has 1 N–H and O–H groups in total. The number of hydrogen-bond acceptors (Lipinski definition) is 2. The van der Waals surface area contributed by atoms with Crippen LogP contribution < -0.4 is 5.43 Å². The molecule has 1 aliphatic carbocycles. The van der Waals surface area contributed by atoms with Gasteiger partial charge in [0.25, 0.3) is 0 Å². The first kappa shape index (κ1) is 17.9. The average Bonchev–Trinajstić information content (AvgIpc) is 3.35. The Labute approximate surface area is 157 Å². The highest BCUT2D eigenvalue weighted by molar-refractivity contribution is 9.10. The highest BCUT2D eigenvalue weighted by Crippen LogP contribution is 2.47. The Morgan fingerprint density at radius 2 is 1.92 bits per heavy atom. The minimum atomic E-state index is -0.00357. The van der Waals surface area contributed by atoms with Crippen LogP contribution in [0.25, 0.3) is 0 Å². The number of benzene rings is 2. The number of carbonyl (C=O) groups is 1. The lowest BCUT2D eigenvalue weighted by Crippen LogP contribution is -2.20. The normalized spacial score (nSPS) is 19.8. The van der Waals surface area contributed by atoms with Crippen molar-refractivity contribution in [3.8, 4) is 0 Å². The van der Waals surface area contributed by atoms with Crippen LogP contribution >= 0.6 is 15.9 Å². The van der Waals surface area contributed by atoms with Gasteiger partial charge in [0, 0.05) is 10.4 Å². The summed E-state index contributed by atoms with van der Waals surface area (Å²) in [5.74, 6) is 0.339. The molecule has 0 bridgehead atoms. The van der Waals surface area contributed by atoms with E-state index in [1.807, 2.05) is 24.3 Å². The number of hydrogen-bond donors (Lipinski definition) is 1. The van der Waals surface area contributed by atoms with Gasteiger partial charge in [0.05, 0.1) is 6.21 Å². The highest BCUT2D eigenvalue weighted by Gasteiger charge is 2.43. The lowest BCUT2D eigenvalue weighted by molar-refractivity contribution is -0.122. The molecule has 4 heteroatoms. The zero-order valence-electron chi connectivity index (χ0n) is 14.8. The summed E-state index contributed by atoms with van der Waals surface area (Å²) in [6.45, 7) is 6.62. The number of halogens is 1. The van der Waals surface area contributed by atoms with E-state index >= 15 is 0 Å². The molecule has 2 aromatic rings. The lowest BCUT2D eigenvalue weighted by Gasteiger charge is -2.19. The summed E-state index contributed by atoms with van der Waals surface area (Å²) in [4.78, 5) is 12.2. The van der Waals surface area contributed by atoms with Gasteiger partial charge in [0.2, 0.25) is 5.91 Å². The molecule has 0 aromatic heterocycles. The molecule has 2 atom stereocenters. The third-order valence-corrected chi connectivity index (χ3v) is 5.06. The maximum Gasteiger partial charge on any atom is 0.243 e. The van der Waals surface area contributed by atoms with Gasteiger partial charge in [-0.05, 0) is 46.6 Å². The standard InChI is InChI=1S/C21H23BrN2O/c1-21(2,3)16-9-7-15(8-10-16)18-12-19(18)20(25)24-23-13-14-5-4-6-17(22)11-14/h4-11,13,18-19H,12H2,1-3H3,(H,24,25)/t18-,19+/m0/s1. The van der Waals surface area contributed by atoms with Crippen LogP contribution in [-0.2, 0) is 10.2 Å².